The van der Waals surface area contributed by atoms with Gasteiger partial charge in [0.1, 0.15) is 0 Å². The van der Waals surface area contributed by atoms with E-state index in [1.165, 1.54) is 4.90 Å². The van der Waals surface area contributed by atoms with E-state index in [1.54, 1.807) is 36.1 Å². The van der Waals surface area contributed by atoms with Gasteiger partial charge in [0.25, 0.3) is 5.91 Å². The molecular formula is C29H25N5O2. The first kappa shape index (κ1) is 23.0. The number of pyridine rings is 1. The molecule has 5 rings (SSSR count). The van der Waals surface area contributed by atoms with Crippen molar-refractivity contribution in [3.63, 3.8) is 0 Å². The van der Waals surface area contributed by atoms with Crippen LogP contribution in [-0.2, 0) is 11.3 Å². The molecule has 3 aromatic carbocycles. The highest BCUT2D eigenvalue weighted by atomic mass is 16.2. The molecule has 5 aromatic rings. The summed E-state index contributed by atoms with van der Waals surface area (Å²) in [6.45, 7) is 0.439. The second kappa shape index (κ2) is 10.2. The number of amides is 2. The molecule has 0 aliphatic carbocycles. The van der Waals surface area contributed by atoms with Crippen LogP contribution < -0.4 is 5.32 Å². The minimum absolute atomic E-state index is 0.0869. The molecule has 7 nitrogen and oxygen atoms in total. The van der Waals surface area contributed by atoms with Gasteiger partial charge in [-0.1, -0.05) is 78.9 Å². The Balaban J connectivity index is 1.49. The van der Waals surface area contributed by atoms with Crippen molar-refractivity contribution in [1.82, 2.24) is 19.7 Å². The maximum atomic E-state index is 13.6. The van der Waals surface area contributed by atoms with E-state index in [2.05, 4.69) is 10.4 Å². The molecule has 0 aliphatic rings. The number of anilines is 1. The molecule has 0 bridgehead atoms. The molecule has 0 spiro atoms. The molecule has 0 aliphatic heterocycles. The summed E-state index contributed by atoms with van der Waals surface area (Å²) in [6, 6.07) is 30.7. The van der Waals surface area contributed by atoms with Crippen LogP contribution in [0.1, 0.15) is 15.9 Å². The highest BCUT2D eigenvalue weighted by Gasteiger charge is 2.22. The Morgan fingerprint density at radius 3 is 2.22 bits per heavy atom. The Morgan fingerprint density at radius 1 is 0.889 bits per heavy atom. The van der Waals surface area contributed by atoms with Gasteiger partial charge in [-0.3, -0.25) is 9.59 Å². The molecule has 0 radical (unpaired) electrons. The average Bonchev–Trinajstić information content (AvgIpc) is 3.31. The first-order valence-corrected chi connectivity index (χ1v) is 11.6. The maximum Gasteiger partial charge on any atom is 0.254 e. The summed E-state index contributed by atoms with van der Waals surface area (Å²) >= 11 is 0. The summed E-state index contributed by atoms with van der Waals surface area (Å²) in [5.41, 5.74) is 4.40. The first-order valence-electron chi connectivity index (χ1n) is 11.6. The van der Waals surface area contributed by atoms with Gasteiger partial charge >= 0.3 is 0 Å². The molecule has 0 saturated carbocycles. The number of fused-ring (bicyclic) bond motifs is 1. The summed E-state index contributed by atoms with van der Waals surface area (Å²) in [6.07, 6.45) is 1.67. The van der Waals surface area contributed by atoms with Gasteiger partial charge in [-0.15, -0.1) is 0 Å². The van der Waals surface area contributed by atoms with E-state index in [-0.39, 0.29) is 18.4 Å². The fraction of sp³-hybridized carbons (Fsp3) is 0.103. The number of para-hydroxylation sites is 1. The third-order valence-electron chi connectivity index (χ3n) is 5.87. The van der Waals surface area contributed by atoms with Crippen LogP contribution in [0.5, 0.6) is 0 Å². The predicted octanol–water partition coefficient (Wildman–Crippen LogP) is 4.86. The lowest BCUT2D eigenvalue weighted by Gasteiger charge is -2.18. The van der Waals surface area contributed by atoms with E-state index in [9.17, 15) is 9.59 Å². The molecule has 0 saturated heterocycles. The van der Waals surface area contributed by atoms with Gasteiger partial charge in [-0.05, 0) is 23.8 Å². The Morgan fingerprint density at radius 2 is 1.53 bits per heavy atom. The van der Waals surface area contributed by atoms with Crippen molar-refractivity contribution < 1.29 is 9.59 Å². The highest BCUT2D eigenvalue weighted by Crippen LogP contribution is 2.26. The number of likely N-dealkylation sites (N-methyl/N-ethyl adjacent to an activating group) is 1. The van der Waals surface area contributed by atoms with Crippen molar-refractivity contribution >= 4 is 28.5 Å². The Bertz CT molecular complexity index is 1500. The lowest BCUT2D eigenvalue weighted by atomic mass is 10.1. The van der Waals surface area contributed by atoms with Crippen LogP contribution in [0.4, 0.5) is 5.69 Å². The van der Waals surface area contributed by atoms with Crippen molar-refractivity contribution in [3.8, 4) is 11.3 Å². The van der Waals surface area contributed by atoms with Gasteiger partial charge in [0.2, 0.25) is 5.91 Å². The third-order valence-corrected chi connectivity index (χ3v) is 5.87. The molecule has 2 aromatic heterocycles. The molecule has 7 heteroatoms. The third kappa shape index (κ3) is 5.00. The number of nitrogens with one attached hydrogen (secondary N) is 1. The van der Waals surface area contributed by atoms with Crippen molar-refractivity contribution in [2.75, 3.05) is 18.9 Å². The highest BCUT2D eigenvalue weighted by molar-refractivity contribution is 6.07. The summed E-state index contributed by atoms with van der Waals surface area (Å²) in [7, 11) is 1.62. The number of rotatable bonds is 7. The molecule has 2 heterocycles. The van der Waals surface area contributed by atoms with Crippen molar-refractivity contribution in [2.45, 2.75) is 6.54 Å². The number of hydrogen-bond donors (Lipinski definition) is 1. The molecule has 0 fully saturated rings. The van der Waals surface area contributed by atoms with Crippen LogP contribution >= 0.6 is 0 Å². The van der Waals surface area contributed by atoms with E-state index in [0.717, 1.165) is 11.1 Å². The van der Waals surface area contributed by atoms with E-state index in [0.29, 0.717) is 34.5 Å². The van der Waals surface area contributed by atoms with E-state index < -0.39 is 0 Å². The zero-order valence-electron chi connectivity index (χ0n) is 19.8. The van der Waals surface area contributed by atoms with Crippen molar-refractivity contribution in [1.29, 1.82) is 0 Å². The normalized spacial score (nSPS) is 10.8. The Kier molecular flexibility index (Phi) is 6.53. The first-order chi connectivity index (χ1) is 17.6. The van der Waals surface area contributed by atoms with Gasteiger partial charge in [0.15, 0.2) is 5.65 Å². The number of benzene rings is 3. The largest absolute Gasteiger partial charge is 0.332 e. The summed E-state index contributed by atoms with van der Waals surface area (Å²) < 4.78 is 1.80. The molecule has 2 amide bonds. The zero-order valence-corrected chi connectivity index (χ0v) is 19.8. The second-order valence-corrected chi connectivity index (χ2v) is 8.52. The van der Waals surface area contributed by atoms with Crippen molar-refractivity contribution in [2.24, 2.45) is 0 Å². The van der Waals surface area contributed by atoms with Crippen LogP contribution in [-0.4, -0.2) is 45.1 Å². The number of aromatic nitrogens is 3. The summed E-state index contributed by atoms with van der Waals surface area (Å²) in [5.74, 6) is -0.549. The molecular weight excluding hydrogens is 450 g/mol. The predicted molar refractivity (Wildman–Crippen MR) is 141 cm³/mol. The van der Waals surface area contributed by atoms with E-state index in [4.69, 9.17) is 4.98 Å². The fourth-order valence-electron chi connectivity index (χ4n) is 4.07. The number of nitrogens with zero attached hydrogens (tertiary/aromatic N) is 4. The van der Waals surface area contributed by atoms with Crippen LogP contribution in [0.2, 0.25) is 0 Å². The topological polar surface area (TPSA) is 80.1 Å². The van der Waals surface area contributed by atoms with Gasteiger partial charge in [-0.2, -0.15) is 5.10 Å². The summed E-state index contributed by atoms with van der Waals surface area (Å²) in [5, 5.41) is 8.02. The molecule has 0 atom stereocenters. The number of carbonyl (C=O) groups is 2. The minimum atomic E-state index is -0.276. The lowest BCUT2D eigenvalue weighted by molar-refractivity contribution is -0.116. The zero-order chi connectivity index (χ0) is 24.9. The average molecular weight is 476 g/mol. The smallest absolute Gasteiger partial charge is 0.254 e. The van der Waals surface area contributed by atoms with Gasteiger partial charge in [-0.25, -0.2) is 9.67 Å². The quantitative estimate of drug-likeness (QED) is 0.365. The maximum absolute atomic E-state index is 13.6. The SMILES string of the molecule is CN(CC(=O)Nc1ccccc1)C(=O)c1cc(-c2ccccc2)nc2c1cnn2Cc1ccccc1. The minimum Gasteiger partial charge on any atom is -0.332 e. The van der Waals surface area contributed by atoms with Crippen LogP contribution in [0.25, 0.3) is 22.3 Å². The van der Waals surface area contributed by atoms with Crippen LogP contribution in [0, 0.1) is 0 Å². The number of hydrogen-bond acceptors (Lipinski definition) is 4. The van der Waals surface area contributed by atoms with E-state index in [1.807, 2.05) is 78.9 Å². The van der Waals surface area contributed by atoms with Crippen molar-refractivity contribution in [3.05, 3.63) is 114 Å². The molecule has 1 N–H and O–H groups in total. The molecule has 0 unspecified atom stereocenters. The van der Waals surface area contributed by atoms with Gasteiger partial charge in [0, 0.05) is 18.3 Å². The van der Waals surface area contributed by atoms with Gasteiger partial charge < -0.3 is 10.2 Å². The van der Waals surface area contributed by atoms with E-state index >= 15 is 0 Å². The molecule has 178 valence electrons. The van der Waals surface area contributed by atoms with Gasteiger partial charge in [0.05, 0.1) is 35.9 Å². The second-order valence-electron chi connectivity index (χ2n) is 8.52. The Labute approximate surface area is 209 Å². The van der Waals surface area contributed by atoms with Crippen LogP contribution in [0.15, 0.2) is 103 Å². The number of carbonyl (C=O) groups excluding carboxylic acids is 2. The standard InChI is InChI=1S/C29H25N5O2/c1-33(20-27(35)31-23-15-9-4-10-16-23)29(36)24-17-26(22-13-7-3-8-14-22)32-28-25(24)18-30-34(28)19-21-11-5-2-6-12-21/h2-18H,19-20H2,1H3,(H,31,35). The molecule has 36 heavy (non-hydrogen) atoms. The fourth-order valence-corrected chi connectivity index (χ4v) is 4.07. The summed E-state index contributed by atoms with van der Waals surface area (Å²) in [4.78, 5) is 32.4. The van der Waals surface area contributed by atoms with Crippen LogP contribution in [0.3, 0.4) is 0 Å². The Hall–Kier alpha value is -4.78. The monoisotopic (exact) mass is 475 g/mol. The lowest BCUT2D eigenvalue weighted by Crippen LogP contribution is -2.35.